The van der Waals surface area contributed by atoms with Crippen molar-refractivity contribution >= 4 is 5.91 Å². The molecule has 0 radical (unpaired) electrons. The van der Waals surface area contributed by atoms with Gasteiger partial charge in [0, 0.05) is 12.6 Å². The van der Waals surface area contributed by atoms with Gasteiger partial charge in [-0.05, 0) is 32.1 Å². The first-order chi connectivity index (χ1) is 7.70. The summed E-state index contributed by atoms with van der Waals surface area (Å²) in [6, 6.07) is 0.177. The second-order valence-corrected chi connectivity index (χ2v) is 4.87. The fourth-order valence-electron chi connectivity index (χ4n) is 2.57. The Morgan fingerprint density at radius 3 is 2.75 bits per heavy atom. The molecule has 0 aromatic carbocycles. The van der Waals surface area contributed by atoms with Crippen molar-refractivity contribution in [2.45, 2.75) is 70.9 Å². The molecule has 3 heteroatoms. The van der Waals surface area contributed by atoms with Crippen LogP contribution in [-0.4, -0.2) is 29.4 Å². The SMILES string of the molecule is CCCC1CCCCN1C(=O)[C@@H](N)CCC. The van der Waals surface area contributed by atoms with Gasteiger partial charge < -0.3 is 10.6 Å². The summed E-state index contributed by atoms with van der Waals surface area (Å²) in [5.41, 5.74) is 5.93. The molecule has 3 nitrogen and oxygen atoms in total. The van der Waals surface area contributed by atoms with E-state index in [4.69, 9.17) is 5.73 Å². The van der Waals surface area contributed by atoms with Crippen LogP contribution in [0.3, 0.4) is 0 Å². The molecule has 0 aromatic rings. The summed E-state index contributed by atoms with van der Waals surface area (Å²) in [7, 11) is 0. The summed E-state index contributed by atoms with van der Waals surface area (Å²) >= 11 is 0. The van der Waals surface area contributed by atoms with Crippen LogP contribution in [0.4, 0.5) is 0 Å². The average Bonchev–Trinajstić information content (AvgIpc) is 2.29. The molecule has 2 atom stereocenters. The van der Waals surface area contributed by atoms with Gasteiger partial charge in [-0.3, -0.25) is 4.79 Å². The lowest BCUT2D eigenvalue weighted by Gasteiger charge is -2.37. The molecule has 2 N–H and O–H groups in total. The molecule has 1 fully saturated rings. The Balaban J connectivity index is 2.56. The fraction of sp³-hybridized carbons (Fsp3) is 0.923. The quantitative estimate of drug-likeness (QED) is 0.782. The molecular weight excluding hydrogens is 200 g/mol. The highest BCUT2D eigenvalue weighted by Crippen LogP contribution is 2.21. The molecule has 0 saturated carbocycles. The van der Waals surface area contributed by atoms with Gasteiger partial charge in [0.2, 0.25) is 5.91 Å². The largest absolute Gasteiger partial charge is 0.338 e. The second kappa shape index (κ2) is 6.89. The summed E-state index contributed by atoms with van der Waals surface area (Å²) in [6.45, 7) is 5.18. The van der Waals surface area contributed by atoms with Crippen molar-refractivity contribution in [2.75, 3.05) is 6.54 Å². The maximum atomic E-state index is 12.2. The van der Waals surface area contributed by atoms with Gasteiger partial charge in [0.1, 0.15) is 0 Å². The number of rotatable bonds is 5. The third kappa shape index (κ3) is 3.48. The van der Waals surface area contributed by atoms with Crippen molar-refractivity contribution in [3.8, 4) is 0 Å². The van der Waals surface area contributed by atoms with E-state index < -0.39 is 0 Å². The number of likely N-dealkylation sites (tertiary alicyclic amines) is 1. The Hall–Kier alpha value is -0.570. The number of piperidine rings is 1. The minimum atomic E-state index is -0.276. The maximum Gasteiger partial charge on any atom is 0.239 e. The van der Waals surface area contributed by atoms with Crippen LogP contribution < -0.4 is 5.73 Å². The highest BCUT2D eigenvalue weighted by Gasteiger charge is 2.28. The van der Waals surface area contributed by atoms with Crippen LogP contribution in [0.5, 0.6) is 0 Å². The number of nitrogens with two attached hydrogens (primary N) is 1. The summed E-state index contributed by atoms with van der Waals surface area (Å²) in [6.07, 6.45) is 7.65. The smallest absolute Gasteiger partial charge is 0.239 e. The molecule has 1 unspecified atom stereocenters. The van der Waals surface area contributed by atoms with Crippen molar-refractivity contribution in [2.24, 2.45) is 5.73 Å². The zero-order valence-electron chi connectivity index (χ0n) is 10.7. The first-order valence-electron chi connectivity index (χ1n) is 6.76. The van der Waals surface area contributed by atoms with E-state index in [9.17, 15) is 4.79 Å². The van der Waals surface area contributed by atoms with E-state index in [-0.39, 0.29) is 11.9 Å². The third-order valence-electron chi connectivity index (χ3n) is 3.45. The van der Waals surface area contributed by atoms with Gasteiger partial charge in [-0.2, -0.15) is 0 Å². The van der Waals surface area contributed by atoms with Gasteiger partial charge >= 0.3 is 0 Å². The Labute approximate surface area is 99.4 Å². The van der Waals surface area contributed by atoms with E-state index in [1.807, 2.05) is 4.90 Å². The minimum absolute atomic E-state index is 0.181. The molecule has 1 rings (SSSR count). The first kappa shape index (κ1) is 13.5. The molecule has 1 aliphatic rings. The number of carbonyl (C=O) groups excluding carboxylic acids is 1. The van der Waals surface area contributed by atoms with E-state index in [1.54, 1.807) is 0 Å². The van der Waals surface area contributed by atoms with E-state index in [0.717, 1.165) is 38.6 Å². The topological polar surface area (TPSA) is 46.3 Å². The molecule has 1 saturated heterocycles. The third-order valence-corrected chi connectivity index (χ3v) is 3.45. The molecule has 0 spiro atoms. The molecule has 16 heavy (non-hydrogen) atoms. The van der Waals surface area contributed by atoms with Crippen LogP contribution in [0.15, 0.2) is 0 Å². The van der Waals surface area contributed by atoms with Gasteiger partial charge in [0.25, 0.3) is 0 Å². The molecular formula is C13H26N2O. The normalized spacial score (nSPS) is 23.2. The number of nitrogens with zero attached hydrogens (tertiary/aromatic N) is 1. The minimum Gasteiger partial charge on any atom is -0.338 e. The standard InChI is InChI=1S/C13H26N2O/c1-3-7-11-9-5-6-10-15(11)13(16)12(14)8-4-2/h11-12H,3-10,14H2,1-2H3/t11?,12-/m0/s1. The van der Waals surface area contributed by atoms with Crippen molar-refractivity contribution in [1.82, 2.24) is 4.90 Å². The van der Waals surface area contributed by atoms with Crippen molar-refractivity contribution in [1.29, 1.82) is 0 Å². The summed E-state index contributed by atoms with van der Waals surface area (Å²) in [4.78, 5) is 14.2. The van der Waals surface area contributed by atoms with E-state index in [2.05, 4.69) is 13.8 Å². The summed E-state index contributed by atoms with van der Waals surface area (Å²) in [5, 5.41) is 0. The van der Waals surface area contributed by atoms with Gasteiger partial charge in [-0.25, -0.2) is 0 Å². The van der Waals surface area contributed by atoms with E-state index >= 15 is 0 Å². The number of hydrogen-bond acceptors (Lipinski definition) is 2. The van der Waals surface area contributed by atoms with Crippen LogP contribution in [0.1, 0.15) is 58.8 Å². The van der Waals surface area contributed by atoms with Crippen molar-refractivity contribution < 1.29 is 4.79 Å². The molecule has 0 aliphatic carbocycles. The van der Waals surface area contributed by atoms with E-state index in [1.165, 1.54) is 12.8 Å². The molecule has 0 aromatic heterocycles. The molecule has 0 bridgehead atoms. The molecule has 1 heterocycles. The Morgan fingerprint density at radius 2 is 2.12 bits per heavy atom. The van der Waals surface area contributed by atoms with Crippen LogP contribution in [0.2, 0.25) is 0 Å². The van der Waals surface area contributed by atoms with Crippen LogP contribution in [0.25, 0.3) is 0 Å². The van der Waals surface area contributed by atoms with Gasteiger partial charge in [-0.1, -0.05) is 26.7 Å². The fourth-order valence-corrected chi connectivity index (χ4v) is 2.57. The molecule has 1 amide bonds. The van der Waals surface area contributed by atoms with Crippen LogP contribution >= 0.6 is 0 Å². The Kier molecular flexibility index (Phi) is 5.81. The van der Waals surface area contributed by atoms with Gasteiger partial charge in [0.15, 0.2) is 0 Å². The lowest BCUT2D eigenvalue weighted by Crippen LogP contribution is -2.50. The predicted octanol–water partition coefficient (Wildman–Crippen LogP) is 2.29. The number of hydrogen-bond donors (Lipinski definition) is 1. The van der Waals surface area contributed by atoms with Crippen molar-refractivity contribution in [3.05, 3.63) is 0 Å². The summed E-state index contributed by atoms with van der Waals surface area (Å²) < 4.78 is 0. The van der Waals surface area contributed by atoms with Gasteiger partial charge in [0.05, 0.1) is 6.04 Å². The van der Waals surface area contributed by atoms with E-state index in [0.29, 0.717) is 6.04 Å². The Bertz CT molecular complexity index is 216. The zero-order valence-corrected chi connectivity index (χ0v) is 10.7. The molecule has 1 aliphatic heterocycles. The average molecular weight is 226 g/mol. The van der Waals surface area contributed by atoms with Crippen LogP contribution in [-0.2, 0) is 4.79 Å². The first-order valence-corrected chi connectivity index (χ1v) is 6.76. The number of amides is 1. The molecule has 94 valence electrons. The highest BCUT2D eigenvalue weighted by atomic mass is 16.2. The Morgan fingerprint density at radius 1 is 1.38 bits per heavy atom. The second-order valence-electron chi connectivity index (χ2n) is 4.87. The monoisotopic (exact) mass is 226 g/mol. The maximum absolute atomic E-state index is 12.2. The van der Waals surface area contributed by atoms with Crippen molar-refractivity contribution in [3.63, 3.8) is 0 Å². The number of carbonyl (C=O) groups is 1. The van der Waals surface area contributed by atoms with Crippen LogP contribution in [0, 0.1) is 0 Å². The highest BCUT2D eigenvalue weighted by molar-refractivity contribution is 5.82. The lowest BCUT2D eigenvalue weighted by atomic mass is 9.97. The zero-order chi connectivity index (χ0) is 12.0. The van der Waals surface area contributed by atoms with Gasteiger partial charge in [-0.15, -0.1) is 0 Å². The summed E-state index contributed by atoms with van der Waals surface area (Å²) in [5.74, 6) is 0.181. The predicted molar refractivity (Wildman–Crippen MR) is 67.1 cm³/mol. The lowest BCUT2D eigenvalue weighted by molar-refractivity contribution is -0.136.